The van der Waals surface area contributed by atoms with Gasteiger partial charge < -0.3 is 0 Å². The van der Waals surface area contributed by atoms with E-state index in [2.05, 4.69) is 12.6 Å². The molecule has 0 aliphatic carbocycles. The van der Waals surface area contributed by atoms with E-state index in [0.29, 0.717) is 17.5 Å². The molecule has 64 valence electrons. The topological polar surface area (TPSA) is 57.9 Å². The first kappa shape index (κ1) is 9.49. The molecular formula is C9H5NO2S. The van der Waals surface area contributed by atoms with Gasteiger partial charge in [0.2, 0.25) is 0 Å². The first-order valence-electron chi connectivity index (χ1n) is 3.41. The van der Waals surface area contributed by atoms with E-state index in [-0.39, 0.29) is 16.7 Å². The van der Waals surface area contributed by atoms with E-state index >= 15 is 0 Å². The van der Waals surface area contributed by atoms with Crippen molar-refractivity contribution in [1.82, 2.24) is 0 Å². The lowest BCUT2D eigenvalue weighted by Gasteiger charge is -2.01. The van der Waals surface area contributed by atoms with Crippen LogP contribution in [0, 0.1) is 11.3 Å². The summed E-state index contributed by atoms with van der Waals surface area (Å²) in [5.41, 5.74) is 0.456. The quantitative estimate of drug-likeness (QED) is 0.569. The van der Waals surface area contributed by atoms with Gasteiger partial charge in [0.15, 0.2) is 12.6 Å². The molecule has 0 bridgehead atoms. The number of aldehydes is 2. The summed E-state index contributed by atoms with van der Waals surface area (Å²) < 4.78 is 0. The van der Waals surface area contributed by atoms with Gasteiger partial charge in [0.1, 0.15) is 6.07 Å². The molecule has 0 radical (unpaired) electrons. The minimum atomic E-state index is 0.102. The molecule has 0 aliphatic heterocycles. The first-order valence-corrected chi connectivity index (χ1v) is 3.85. The Kier molecular flexibility index (Phi) is 2.83. The molecule has 0 unspecified atom stereocenters. The van der Waals surface area contributed by atoms with E-state index in [1.165, 1.54) is 12.1 Å². The van der Waals surface area contributed by atoms with Crippen LogP contribution in [0.15, 0.2) is 17.0 Å². The van der Waals surface area contributed by atoms with Gasteiger partial charge in [0.05, 0.1) is 5.56 Å². The fourth-order valence-electron chi connectivity index (χ4n) is 0.971. The molecule has 0 aromatic heterocycles. The molecule has 0 amide bonds. The molecule has 0 N–H and O–H groups in total. The SMILES string of the molecule is N#Cc1c(S)ccc(C=O)c1C=O. The van der Waals surface area contributed by atoms with E-state index in [1.807, 2.05) is 6.07 Å². The molecule has 0 saturated carbocycles. The van der Waals surface area contributed by atoms with Gasteiger partial charge in [0, 0.05) is 16.0 Å². The highest BCUT2D eigenvalue weighted by Gasteiger charge is 2.09. The summed E-state index contributed by atoms with van der Waals surface area (Å²) >= 11 is 3.99. The van der Waals surface area contributed by atoms with Gasteiger partial charge in [-0.05, 0) is 12.1 Å². The number of nitrogens with zero attached hydrogens (tertiary/aromatic N) is 1. The third-order valence-corrected chi connectivity index (χ3v) is 1.99. The number of carbonyl (C=O) groups excluding carboxylic acids is 2. The largest absolute Gasteiger partial charge is 0.298 e. The fourth-order valence-corrected chi connectivity index (χ4v) is 1.22. The van der Waals surface area contributed by atoms with Gasteiger partial charge in [-0.1, -0.05) is 0 Å². The third kappa shape index (κ3) is 1.60. The Hall–Kier alpha value is -1.60. The molecule has 0 aliphatic rings. The molecule has 1 aromatic carbocycles. The highest BCUT2D eigenvalue weighted by Crippen LogP contribution is 2.18. The third-order valence-electron chi connectivity index (χ3n) is 1.61. The number of benzene rings is 1. The smallest absolute Gasteiger partial charge is 0.152 e. The molecule has 13 heavy (non-hydrogen) atoms. The van der Waals surface area contributed by atoms with Crippen molar-refractivity contribution in [3.8, 4) is 6.07 Å². The van der Waals surface area contributed by atoms with Gasteiger partial charge in [-0.25, -0.2) is 0 Å². The van der Waals surface area contributed by atoms with Crippen molar-refractivity contribution < 1.29 is 9.59 Å². The number of hydrogen-bond acceptors (Lipinski definition) is 4. The molecule has 1 rings (SSSR count). The van der Waals surface area contributed by atoms with Crippen molar-refractivity contribution in [3.05, 3.63) is 28.8 Å². The predicted molar refractivity (Wildman–Crippen MR) is 49.2 cm³/mol. The van der Waals surface area contributed by atoms with Crippen LogP contribution in [0.4, 0.5) is 0 Å². The minimum Gasteiger partial charge on any atom is -0.298 e. The molecule has 0 heterocycles. The van der Waals surface area contributed by atoms with Crippen molar-refractivity contribution in [2.75, 3.05) is 0 Å². The molecule has 0 saturated heterocycles. The summed E-state index contributed by atoms with van der Waals surface area (Å²) in [5.74, 6) is 0. The standard InChI is InChI=1S/C9H5NO2S/c10-3-7-8(5-12)6(4-11)1-2-9(7)13/h1-2,4-5,13H. The predicted octanol–water partition coefficient (Wildman–Crippen LogP) is 1.47. The van der Waals surface area contributed by atoms with Gasteiger partial charge in [0.25, 0.3) is 0 Å². The number of rotatable bonds is 2. The van der Waals surface area contributed by atoms with Crippen molar-refractivity contribution in [1.29, 1.82) is 5.26 Å². The van der Waals surface area contributed by atoms with E-state index in [9.17, 15) is 9.59 Å². The second-order valence-corrected chi connectivity index (χ2v) is 2.79. The average molecular weight is 191 g/mol. The minimum absolute atomic E-state index is 0.102. The Labute approximate surface area is 80.4 Å². The normalized spacial score (nSPS) is 8.92. The zero-order valence-electron chi connectivity index (χ0n) is 6.52. The van der Waals surface area contributed by atoms with Crippen LogP contribution in [-0.4, -0.2) is 12.6 Å². The Balaban J connectivity index is 3.56. The van der Waals surface area contributed by atoms with Crippen LogP contribution in [0.2, 0.25) is 0 Å². The lowest BCUT2D eigenvalue weighted by Crippen LogP contribution is -1.96. The second kappa shape index (κ2) is 3.87. The maximum atomic E-state index is 10.6. The Morgan fingerprint density at radius 3 is 2.46 bits per heavy atom. The maximum Gasteiger partial charge on any atom is 0.152 e. The molecule has 1 aromatic rings. The zero-order chi connectivity index (χ0) is 9.84. The number of nitriles is 1. The maximum absolute atomic E-state index is 10.6. The Morgan fingerprint density at radius 2 is 2.00 bits per heavy atom. The van der Waals surface area contributed by atoms with E-state index < -0.39 is 0 Å². The summed E-state index contributed by atoms with van der Waals surface area (Å²) in [7, 11) is 0. The van der Waals surface area contributed by atoms with Gasteiger partial charge in [-0.3, -0.25) is 9.59 Å². The average Bonchev–Trinajstić information content (AvgIpc) is 2.17. The van der Waals surface area contributed by atoms with Crippen LogP contribution in [0.5, 0.6) is 0 Å². The summed E-state index contributed by atoms with van der Waals surface area (Å²) in [6.45, 7) is 0. The molecule has 0 fully saturated rings. The monoisotopic (exact) mass is 191 g/mol. The van der Waals surface area contributed by atoms with Crippen LogP contribution < -0.4 is 0 Å². The Morgan fingerprint density at radius 1 is 1.31 bits per heavy atom. The zero-order valence-corrected chi connectivity index (χ0v) is 7.41. The van der Waals surface area contributed by atoms with E-state index in [1.54, 1.807) is 0 Å². The van der Waals surface area contributed by atoms with Crippen LogP contribution >= 0.6 is 12.6 Å². The molecule has 0 spiro atoms. The summed E-state index contributed by atoms with van der Waals surface area (Å²) in [5, 5.41) is 8.68. The van der Waals surface area contributed by atoms with Crippen LogP contribution in [-0.2, 0) is 0 Å². The number of hydrogen-bond donors (Lipinski definition) is 1. The number of thiol groups is 1. The second-order valence-electron chi connectivity index (χ2n) is 2.31. The van der Waals surface area contributed by atoms with Crippen molar-refractivity contribution >= 4 is 25.2 Å². The van der Waals surface area contributed by atoms with Gasteiger partial charge in [-0.15, -0.1) is 12.6 Å². The van der Waals surface area contributed by atoms with Crippen molar-refractivity contribution in [2.24, 2.45) is 0 Å². The van der Waals surface area contributed by atoms with E-state index in [4.69, 9.17) is 5.26 Å². The van der Waals surface area contributed by atoms with Gasteiger partial charge >= 0.3 is 0 Å². The molecular weight excluding hydrogens is 186 g/mol. The lowest BCUT2D eigenvalue weighted by atomic mass is 10.0. The summed E-state index contributed by atoms with van der Waals surface area (Å²) in [6, 6.07) is 4.79. The highest BCUT2D eigenvalue weighted by atomic mass is 32.1. The van der Waals surface area contributed by atoms with E-state index in [0.717, 1.165) is 0 Å². The van der Waals surface area contributed by atoms with Crippen molar-refractivity contribution in [3.63, 3.8) is 0 Å². The first-order chi connectivity index (χ1) is 6.24. The van der Waals surface area contributed by atoms with Gasteiger partial charge in [-0.2, -0.15) is 5.26 Å². The summed E-state index contributed by atoms with van der Waals surface area (Å²) in [4.78, 5) is 21.4. The lowest BCUT2D eigenvalue weighted by molar-refractivity contribution is 0.109. The fraction of sp³-hybridized carbons (Fsp3) is 0. The Bertz CT molecular complexity index is 407. The van der Waals surface area contributed by atoms with Crippen LogP contribution in [0.3, 0.4) is 0 Å². The van der Waals surface area contributed by atoms with Crippen LogP contribution in [0.1, 0.15) is 26.3 Å². The molecule has 0 atom stereocenters. The van der Waals surface area contributed by atoms with Crippen LogP contribution in [0.25, 0.3) is 0 Å². The van der Waals surface area contributed by atoms with Crippen molar-refractivity contribution in [2.45, 2.75) is 4.90 Å². The number of carbonyl (C=O) groups is 2. The highest BCUT2D eigenvalue weighted by molar-refractivity contribution is 7.80. The molecule has 3 nitrogen and oxygen atoms in total. The summed E-state index contributed by atoms with van der Waals surface area (Å²) in [6.07, 6.45) is 1.03. The molecule has 4 heteroatoms.